The van der Waals surface area contributed by atoms with Crippen molar-refractivity contribution in [1.82, 2.24) is 10.6 Å². The highest BCUT2D eigenvalue weighted by Crippen LogP contribution is 2.61. The molecule has 0 spiro atoms. The fraction of sp³-hybridized carbons (Fsp3) is 0.935. The van der Waals surface area contributed by atoms with Gasteiger partial charge >= 0.3 is 0 Å². The van der Waals surface area contributed by atoms with Crippen molar-refractivity contribution >= 4 is 19.9 Å². The lowest BCUT2D eigenvalue weighted by atomic mass is 9.49. The molecule has 2 amide bonds. The predicted octanol–water partition coefficient (Wildman–Crippen LogP) is 6.28. The average Bonchev–Trinajstić information content (AvgIpc) is 2.76. The lowest BCUT2D eigenvalue weighted by Crippen LogP contribution is -2.59. The minimum Gasteiger partial charge on any atom is -0.353 e. The first-order valence-corrected chi connectivity index (χ1v) is 19.3. The molecule has 0 aliphatic heterocycles. The van der Waals surface area contributed by atoms with Crippen molar-refractivity contribution in [2.75, 3.05) is 0 Å². The van der Waals surface area contributed by atoms with Crippen molar-refractivity contribution in [1.29, 1.82) is 0 Å². The van der Waals surface area contributed by atoms with Crippen LogP contribution in [0.15, 0.2) is 0 Å². The molecule has 2 unspecified atom stereocenters. The number of rotatable bonds is 5. The van der Waals surface area contributed by atoms with Crippen molar-refractivity contribution in [3.05, 3.63) is 0 Å². The van der Waals surface area contributed by atoms with Gasteiger partial charge in [0, 0.05) is 31.0 Å². The molecule has 9 aliphatic rings. The van der Waals surface area contributed by atoms with E-state index >= 15 is 0 Å². The molecule has 9 rings (SSSR count). The molecule has 0 saturated heterocycles. The maximum atomic E-state index is 13.9. The van der Waals surface area contributed by atoms with Crippen molar-refractivity contribution in [3.63, 3.8) is 0 Å². The summed E-state index contributed by atoms with van der Waals surface area (Å²) in [5.41, 5.74) is 0.520. The topological polar surface area (TPSA) is 58.2 Å². The van der Waals surface area contributed by atoms with E-state index in [4.69, 9.17) is 0 Å². The van der Waals surface area contributed by atoms with Crippen molar-refractivity contribution in [2.24, 2.45) is 46.3 Å². The van der Waals surface area contributed by atoms with Crippen LogP contribution in [0.4, 0.5) is 0 Å². The molecule has 5 heteroatoms. The van der Waals surface area contributed by atoms with E-state index in [2.05, 4.69) is 30.3 Å². The van der Waals surface area contributed by atoms with Gasteiger partial charge in [-0.25, -0.2) is 0 Å². The highest BCUT2D eigenvalue weighted by atomic mass is 28.3. The number of carbonyl (C=O) groups is 2. The Morgan fingerprint density at radius 3 is 1.11 bits per heavy atom. The minimum absolute atomic E-state index is 0.0706. The van der Waals surface area contributed by atoms with Gasteiger partial charge in [0.2, 0.25) is 11.8 Å². The number of amides is 2. The lowest BCUT2D eigenvalue weighted by molar-refractivity contribution is -0.148. The molecular weight excluding hydrogens is 460 g/mol. The number of nitrogens with one attached hydrogen (secondary N) is 2. The Hall–Kier alpha value is -0.843. The van der Waals surface area contributed by atoms with Gasteiger partial charge in [-0.2, -0.15) is 0 Å². The van der Waals surface area contributed by atoms with E-state index in [-0.39, 0.29) is 22.9 Å². The van der Waals surface area contributed by atoms with E-state index in [9.17, 15) is 9.59 Å². The molecule has 2 N–H and O–H groups in total. The molecule has 0 aromatic carbocycles. The second-order valence-corrected chi connectivity index (χ2v) is 22.1. The first kappa shape index (κ1) is 24.2. The van der Waals surface area contributed by atoms with Crippen molar-refractivity contribution < 1.29 is 9.59 Å². The van der Waals surface area contributed by atoms with Crippen molar-refractivity contribution in [2.45, 2.75) is 134 Å². The number of hydrogen-bond acceptors (Lipinski definition) is 2. The molecule has 2 atom stereocenters. The third kappa shape index (κ3) is 4.13. The van der Waals surface area contributed by atoms with Gasteiger partial charge in [-0.15, -0.1) is 0 Å². The fourth-order valence-corrected chi connectivity index (χ4v) is 13.7. The maximum absolute atomic E-state index is 13.9. The van der Waals surface area contributed by atoms with Crippen LogP contribution in [0, 0.1) is 46.3 Å². The third-order valence-electron chi connectivity index (χ3n) is 12.6. The first-order chi connectivity index (χ1) is 17.1. The summed E-state index contributed by atoms with van der Waals surface area (Å²) in [5.74, 6) is 5.57. The standard InChI is InChI=1S/C31H50N2O2Si/c1-36(2,3)27-11-25(32-28(34)30-13-19-4-20(14-30)6-21(5-19)15-30)10-26(12-27)33-29(35)31-16-22-7-23(17-31)9-24(8-22)18-31/h19-27H,4-18H2,1-3H3,(H,32,34)(H,33,35). The molecule has 8 bridgehead atoms. The van der Waals surface area contributed by atoms with Gasteiger partial charge in [0.15, 0.2) is 0 Å². The third-order valence-corrected chi connectivity index (χ3v) is 15.6. The van der Waals surface area contributed by atoms with Gasteiger partial charge < -0.3 is 10.6 Å². The molecule has 0 aromatic heterocycles. The monoisotopic (exact) mass is 510 g/mol. The summed E-state index contributed by atoms with van der Waals surface area (Å²) in [7, 11) is -1.39. The van der Waals surface area contributed by atoms with Crippen LogP contribution in [0.3, 0.4) is 0 Å². The molecule has 0 aromatic rings. The van der Waals surface area contributed by atoms with Gasteiger partial charge in [-0.3, -0.25) is 9.59 Å². The van der Waals surface area contributed by atoms with Crippen LogP contribution in [-0.2, 0) is 9.59 Å². The van der Waals surface area contributed by atoms with Crippen LogP contribution in [0.5, 0.6) is 0 Å². The van der Waals surface area contributed by atoms with Gasteiger partial charge in [-0.05, 0) is 137 Å². The van der Waals surface area contributed by atoms with Gasteiger partial charge in [-0.1, -0.05) is 19.6 Å². The van der Waals surface area contributed by atoms with E-state index in [1.54, 1.807) is 0 Å². The van der Waals surface area contributed by atoms with E-state index < -0.39 is 8.07 Å². The maximum Gasteiger partial charge on any atom is 0.226 e. The number of carbonyl (C=O) groups excluding carboxylic acids is 2. The zero-order valence-corrected chi connectivity index (χ0v) is 24.1. The Kier molecular flexibility index (Phi) is 5.60. The molecule has 9 aliphatic carbocycles. The highest BCUT2D eigenvalue weighted by Gasteiger charge is 2.56. The quantitative estimate of drug-likeness (QED) is 0.428. The molecule has 0 heterocycles. The zero-order chi connectivity index (χ0) is 24.9. The molecule has 200 valence electrons. The Balaban J connectivity index is 1.05. The predicted molar refractivity (Wildman–Crippen MR) is 146 cm³/mol. The van der Waals surface area contributed by atoms with Crippen LogP contribution in [0.2, 0.25) is 25.2 Å². The van der Waals surface area contributed by atoms with E-state index in [0.29, 0.717) is 17.4 Å². The van der Waals surface area contributed by atoms with E-state index in [1.807, 2.05) is 0 Å². The van der Waals surface area contributed by atoms with E-state index in [1.165, 1.54) is 38.5 Å². The average molecular weight is 511 g/mol. The summed E-state index contributed by atoms with van der Waals surface area (Å²) in [6, 6.07) is 0.468. The van der Waals surface area contributed by atoms with Gasteiger partial charge in [0.25, 0.3) is 0 Å². The Morgan fingerprint density at radius 1 is 0.528 bits per heavy atom. The van der Waals surface area contributed by atoms with Gasteiger partial charge in [0.1, 0.15) is 0 Å². The van der Waals surface area contributed by atoms with Crippen LogP contribution >= 0.6 is 0 Å². The van der Waals surface area contributed by atoms with Gasteiger partial charge in [0.05, 0.1) is 0 Å². The summed E-state index contributed by atoms with van der Waals surface area (Å²) in [6.45, 7) is 7.46. The second kappa shape index (κ2) is 8.33. The molecular formula is C31H50N2O2Si. The van der Waals surface area contributed by atoms with E-state index in [0.717, 1.165) is 93.3 Å². The van der Waals surface area contributed by atoms with Crippen LogP contribution in [0.25, 0.3) is 0 Å². The summed E-state index contributed by atoms with van der Waals surface area (Å²) in [4.78, 5) is 27.8. The molecule has 9 saturated carbocycles. The summed E-state index contributed by atoms with van der Waals surface area (Å²) in [6.07, 6.45) is 18.3. The molecule has 0 radical (unpaired) electrons. The normalized spacial score (nSPS) is 50.8. The second-order valence-electron chi connectivity index (χ2n) is 16.5. The molecule has 4 nitrogen and oxygen atoms in total. The van der Waals surface area contributed by atoms with Crippen molar-refractivity contribution in [3.8, 4) is 0 Å². The zero-order valence-electron chi connectivity index (χ0n) is 23.1. The number of hydrogen-bond donors (Lipinski definition) is 2. The summed E-state index contributed by atoms with van der Waals surface area (Å²) < 4.78 is 0. The summed E-state index contributed by atoms with van der Waals surface area (Å²) in [5, 5.41) is 7.30. The SMILES string of the molecule is C[Si](C)(C)C1CC(NC(=O)C23CC4CC(CC(C4)C2)C3)CC(NC(=O)C23CC4CC(CC(C4)C2)C3)C1. The smallest absolute Gasteiger partial charge is 0.226 e. The van der Waals surface area contributed by atoms with Crippen LogP contribution in [0.1, 0.15) is 96.3 Å². The molecule has 9 fully saturated rings. The molecule has 36 heavy (non-hydrogen) atoms. The largest absolute Gasteiger partial charge is 0.353 e. The fourth-order valence-electron chi connectivity index (χ4n) is 11.7. The Labute approximate surface area is 219 Å². The minimum atomic E-state index is -1.39. The summed E-state index contributed by atoms with van der Waals surface area (Å²) >= 11 is 0. The van der Waals surface area contributed by atoms with Crippen LogP contribution < -0.4 is 10.6 Å². The Morgan fingerprint density at radius 2 is 0.833 bits per heavy atom. The highest BCUT2D eigenvalue weighted by molar-refractivity contribution is 6.77. The first-order valence-electron chi connectivity index (χ1n) is 15.7. The van der Waals surface area contributed by atoms with Crippen LogP contribution in [-0.4, -0.2) is 32.0 Å². The lowest BCUT2D eigenvalue weighted by Gasteiger charge is -2.56. The Bertz CT molecular complexity index is 785.